The fourth-order valence-corrected chi connectivity index (χ4v) is 3.23. The molecular weight excluding hydrogens is 400 g/mol. The monoisotopic (exact) mass is 420 g/mol. The second kappa shape index (κ2) is 10.2. The minimum Gasteiger partial charge on any atom is -0.481 e. The molecule has 0 saturated carbocycles. The summed E-state index contributed by atoms with van der Waals surface area (Å²) in [7, 11) is 0. The van der Waals surface area contributed by atoms with E-state index in [1.54, 1.807) is 0 Å². The maximum absolute atomic E-state index is 11.6. The minimum absolute atomic E-state index is 0.0213. The van der Waals surface area contributed by atoms with E-state index < -0.39 is 0 Å². The fourth-order valence-electron chi connectivity index (χ4n) is 1.71. The Kier molecular flexibility index (Phi) is 8.96. The number of hydrogen-bond acceptors (Lipinski definition) is 3. The van der Waals surface area contributed by atoms with Crippen LogP contribution in [0.1, 0.15) is 32.3 Å². The number of halogens is 2. The van der Waals surface area contributed by atoms with Crippen molar-refractivity contribution in [2.24, 2.45) is 0 Å². The van der Waals surface area contributed by atoms with Gasteiger partial charge in [0.15, 0.2) is 6.61 Å². The number of rotatable bonds is 9. The number of carbonyl (C=O) groups excluding carboxylic acids is 1. The molecule has 0 aliphatic carbocycles. The van der Waals surface area contributed by atoms with Crippen LogP contribution < -0.4 is 15.4 Å². The highest BCUT2D eigenvalue weighted by Gasteiger charge is 2.11. The highest BCUT2D eigenvalue weighted by Crippen LogP contribution is 2.34. The topological polar surface area (TPSA) is 50.4 Å². The Morgan fingerprint density at radius 3 is 2.48 bits per heavy atom. The molecule has 21 heavy (non-hydrogen) atoms. The Morgan fingerprint density at radius 1 is 1.24 bits per heavy atom. The van der Waals surface area contributed by atoms with E-state index in [9.17, 15) is 4.79 Å². The van der Waals surface area contributed by atoms with Gasteiger partial charge in [-0.2, -0.15) is 0 Å². The van der Waals surface area contributed by atoms with Gasteiger partial charge in [0.2, 0.25) is 0 Å². The first-order valence-corrected chi connectivity index (χ1v) is 8.75. The van der Waals surface area contributed by atoms with E-state index in [1.165, 1.54) is 0 Å². The lowest BCUT2D eigenvalue weighted by atomic mass is 10.2. The summed E-state index contributed by atoms with van der Waals surface area (Å²) in [5.41, 5.74) is 1.15. The molecule has 0 unspecified atom stereocenters. The van der Waals surface area contributed by atoms with E-state index in [1.807, 2.05) is 12.1 Å². The van der Waals surface area contributed by atoms with Gasteiger partial charge in [0, 0.05) is 13.1 Å². The minimum atomic E-state index is -0.0982. The number of amides is 1. The normalized spacial score (nSPS) is 10.5. The van der Waals surface area contributed by atoms with Gasteiger partial charge in [-0.25, -0.2) is 0 Å². The van der Waals surface area contributed by atoms with Crippen LogP contribution in [0.5, 0.6) is 5.75 Å². The molecule has 0 heterocycles. The molecule has 1 aromatic rings. The van der Waals surface area contributed by atoms with Crippen LogP contribution in [0.3, 0.4) is 0 Å². The smallest absolute Gasteiger partial charge is 0.257 e. The molecular formula is C15H22Br2N2O2. The van der Waals surface area contributed by atoms with Crippen LogP contribution >= 0.6 is 31.9 Å². The molecule has 0 radical (unpaired) electrons. The highest BCUT2D eigenvalue weighted by molar-refractivity contribution is 9.11. The average Bonchev–Trinajstić information content (AvgIpc) is 2.44. The Hall–Kier alpha value is -0.590. The predicted octanol–water partition coefficient (Wildman–Crippen LogP) is 3.62. The Balaban J connectivity index is 2.57. The lowest BCUT2D eigenvalue weighted by molar-refractivity contribution is -0.123. The summed E-state index contributed by atoms with van der Waals surface area (Å²) < 4.78 is 7.27. The molecule has 0 atom stereocenters. The molecule has 118 valence electrons. The zero-order valence-electron chi connectivity index (χ0n) is 12.5. The summed E-state index contributed by atoms with van der Waals surface area (Å²) in [6.45, 7) is 6.59. The van der Waals surface area contributed by atoms with Crippen molar-refractivity contribution in [2.75, 3.05) is 19.7 Å². The second-order valence-corrected chi connectivity index (χ2v) is 6.37. The maximum Gasteiger partial charge on any atom is 0.257 e. The van der Waals surface area contributed by atoms with E-state index in [-0.39, 0.29) is 12.5 Å². The largest absolute Gasteiger partial charge is 0.481 e. The maximum atomic E-state index is 11.6. The molecule has 1 rings (SSSR count). The van der Waals surface area contributed by atoms with Crippen LogP contribution in [0.25, 0.3) is 0 Å². The fraction of sp³-hybridized carbons (Fsp3) is 0.533. The molecule has 0 fully saturated rings. The number of unbranched alkanes of at least 4 members (excludes halogenated alkanes) is 1. The Morgan fingerprint density at radius 2 is 1.90 bits per heavy atom. The number of nitrogens with one attached hydrogen (secondary N) is 2. The van der Waals surface area contributed by atoms with Crippen LogP contribution in [0.2, 0.25) is 0 Å². The molecule has 1 aromatic carbocycles. The summed E-state index contributed by atoms with van der Waals surface area (Å²) in [5.74, 6) is 0.555. The summed E-state index contributed by atoms with van der Waals surface area (Å²) in [6.07, 6.45) is 2.05. The third kappa shape index (κ3) is 6.80. The Labute approximate surface area is 143 Å². The van der Waals surface area contributed by atoms with Crippen LogP contribution in [0.15, 0.2) is 21.1 Å². The first kappa shape index (κ1) is 18.5. The molecule has 0 aromatic heterocycles. The zero-order chi connectivity index (χ0) is 15.7. The van der Waals surface area contributed by atoms with Crippen molar-refractivity contribution in [1.29, 1.82) is 0 Å². The van der Waals surface area contributed by atoms with Gasteiger partial charge in [0.05, 0.1) is 8.95 Å². The van der Waals surface area contributed by atoms with Crippen molar-refractivity contribution < 1.29 is 9.53 Å². The van der Waals surface area contributed by atoms with Gasteiger partial charge >= 0.3 is 0 Å². The average molecular weight is 422 g/mol. The number of carbonyl (C=O) groups is 1. The SMILES string of the molecule is CCCCNC(=O)COc1c(Br)cc(CNCC)cc1Br. The summed E-state index contributed by atoms with van der Waals surface area (Å²) >= 11 is 6.98. The van der Waals surface area contributed by atoms with E-state index in [0.29, 0.717) is 12.3 Å². The number of ether oxygens (including phenoxy) is 1. The van der Waals surface area contributed by atoms with Crippen molar-refractivity contribution in [3.8, 4) is 5.75 Å². The molecule has 2 N–H and O–H groups in total. The van der Waals surface area contributed by atoms with Gasteiger partial charge in [-0.05, 0) is 62.5 Å². The van der Waals surface area contributed by atoms with Crippen LogP contribution in [0, 0.1) is 0 Å². The van der Waals surface area contributed by atoms with Gasteiger partial charge in [0.1, 0.15) is 5.75 Å². The van der Waals surface area contributed by atoms with Gasteiger partial charge in [0.25, 0.3) is 5.91 Å². The molecule has 6 heteroatoms. The van der Waals surface area contributed by atoms with Gasteiger partial charge in [-0.15, -0.1) is 0 Å². The molecule has 0 saturated heterocycles. The summed E-state index contributed by atoms with van der Waals surface area (Å²) in [6, 6.07) is 4.00. The van der Waals surface area contributed by atoms with Crippen LogP contribution in [-0.2, 0) is 11.3 Å². The van der Waals surface area contributed by atoms with Crippen LogP contribution in [-0.4, -0.2) is 25.6 Å². The second-order valence-electron chi connectivity index (χ2n) is 4.66. The van der Waals surface area contributed by atoms with Crippen molar-refractivity contribution in [1.82, 2.24) is 10.6 Å². The standard InChI is InChI=1S/C15H22Br2N2O2/c1-3-5-6-19-14(20)10-21-15-12(16)7-11(8-13(15)17)9-18-4-2/h7-8,18H,3-6,9-10H2,1-2H3,(H,19,20). The molecule has 1 amide bonds. The summed E-state index contributed by atoms with van der Waals surface area (Å²) in [5, 5.41) is 6.10. The predicted molar refractivity (Wildman–Crippen MR) is 92.6 cm³/mol. The third-order valence-electron chi connectivity index (χ3n) is 2.84. The van der Waals surface area contributed by atoms with Gasteiger partial charge in [-0.1, -0.05) is 20.3 Å². The lowest BCUT2D eigenvalue weighted by Gasteiger charge is -2.12. The molecule has 0 bridgehead atoms. The van der Waals surface area contributed by atoms with Gasteiger partial charge in [-0.3, -0.25) is 4.79 Å². The third-order valence-corrected chi connectivity index (χ3v) is 4.02. The lowest BCUT2D eigenvalue weighted by Crippen LogP contribution is -2.29. The van der Waals surface area contributed by atoms with E-state index >= 15 is 0 Å². The molecule has 0 aliphatic heterocycles. The van der Waals surface area contributed by atoms with Crippen molar-refractivity contribution >= 4 is 37.8 Å². The van der Waals surface area contributed by atoms with Crippen molar-refractivity contribution in [3.63, 3.8) is 0 Å². The molecule has 0 spiro atoms. The molecule has 4 nitrogen and oxygen atoms in total. The quantitative estimate of drug-likeness (QED) is 0.598. The Bertz CT molecular complexity index is 444. The summed E-state index contributed by atoms with van der Waals surface area (Å²) in [4.78, 5) is 11.6. The zero-order valence-corrected chi connectivity index (χ0v) is 15.6. The van der Waals surface area contributed by atoms with E-state index in [4.69, 9.17) is 4.74 Å². The highest BCUT2D eigenvalue weighted by atomic mass is 79.9. The molecule has 0 aliphatic rings. The number of hydrogen-bond donors (Lipinski definition) is 2. The van der Waals surface area contributed by atoms with E-state index in [0.717, 1.165) is 40.4 Å². The van der Waals surface area contributed by atoms with Crippen LogP contribution in [0.4, 0.5) is 0 Å². The van der Waals surface area contributed by atoms with Gasteiger partial charge < -0.3 is 15.4 Å². The van der Waals surface area contributed by atoms with Crippen molar-refractivity contribution in [2.45, 2.75) is 33.2 Å². The number of benzene rings is 1. The van der Waals surface area contributed by atoms with Crippen molar-refractivity contribution in [3.05, 3.63) is 26.6 Å². The first-order chi connectivity index (χ1) is 10.1. The first-order valence-electron chi connectivity index (χ1n) is 7.16. The van der Waals surface area contributed by atoms with E-state index in [2.05, 4.69) is 56.3 Å².